The van der Waals surface area contributed by atoms with Crippen molar-refractivity contribution in [1.29, 1.82) is 0 Å². The lowest BCUT2D eigenvalue weighted by molar-refractivity contribution is 0.0438. The predicted octanol–water partition coefficient (Wildman–Crippen LogP) is 2.45. The van der Waals surface area contributed by atoms with E-state index in [0.29, 0.717) is 12.8 Å². The number of aliphatic hydroxyl groups is 2. The first-order chi connectivity index (χ1) is 11.8. The van der Waals surface area contributed by atoms with Crippen molar-refractivity contribution in [1.82, 2.24) is 0 Å². The van der Waals surface area contributed by atoms with Crippen LogP contribution in [0.3, 0.4) is 0 Å². The lowest BCUT2D eigenvalue weighted by Crippen LogP contribution is -2.67. The molecule has 1 aliphatic carbocycles. The fraction of sp³-hybridized carbons (Fsp3) is 0.429. The van der Waals surface area contributed by atoms with Crippen molar-refractivity contribution in [3.8, 4) is 0 Å². The van der Waals surface area contributed by atoms with E-state index in [1.807, 2.05) is 12.1 Å². The summed E-state index contributed by atoms with van der Waals surface area (Å²) in [6.07, 6.45) is -0.528. The molecule has 0 radical (unpaired) electrons. The van der Waals surface area contributed by atoms with Gasteiger partial charge in [0.2, 0.25) is 0 Å². The van der Waals surface area contributed by atoms with Crippen LogP contribution in [0.4, 0.5) is 0 Å². The van der Waals surface area contributed by atoms with E-state index in [4.69, 9.17) is 4.43 Å². The van der Waals surface area contributed by atoms with Crippen LogP contribution in [0.2, 0.25) is 5.04 Å². The fourth-order valence-electron chi connectivity index (χ4n) is 3.99. The average molecular weight is 357 g/mol. The van der Waals surface area contributed by atoms with E-state index >= 15 is 0 Å². The maximum absolute atomic E-state index is 9.99. The van der Waals surface area contributed by atoms with Gasteiger partial charge in [-0.3, -0.25) is 0 Å². The summed E-state index contributed by atoms with van der Waals surface area (Å²) < 4.78 is 6.90. The monoisotopic (exact) mass is 356 g/mol. The SMILES string of the molecule is CC(C)(C)[Si](OC1C[C@@H](O)[C@@H](O)C1)(c1ccccc1)c1ccccc1. The van der Waals surface area contributed by atoms with E-state index in [9.17, 15) is 10.2 Å². The highest BCUT2D eigenvalue weighted by atomic mass is 28.4. The molecule has 25 heavy (non-hydrogen) atoms. The van der Waals surface area contributed by atoms with Gasteiger partial charge in [0.1, 0.15) is 0 Å². The van der Waals surface area contributed by atoms with Crippen molar-refractivity contribution in [2.45, 2.75) is 57.0 Å². The highest BCUT2D eigenvalue weighted by Crippen LogP contribution is 2.39. The maximum Gasteiger partial charge on any atom is 0.261 e. The molecule has 134 valence electrons. The first-order valence-electron chi connectivity index (χ1n) is 8.99. The number of rotatable bonds is 4. The second-order valence-electron chi connectivity index (χ2n) is 8.01. The van der Waals surface area contributed by atoms with Gasteiger partial charge in [0.25, 0.3) is 8.32 Å². The molecule has 0 aromatic heterocycles. The molecule has 3 atom stereocenters. The molecule has 4 heteroatoms. The van der Waals surface area contributed by atoms with Crippen molar-refractivity contribution in [3.63, 3.8) is 0 Å². The molecule has 0 aliphatic heterocycles. The standard InChI is InChI=1S/C21H28O3Si/c1-21(2,3)25(17-10-6-4-7-11-17,18-12-8-5-9-13-18)24-16-14-19(22)20(23)15-16/h4-13,16,19-20,22-23H,14-15H2,1-3H3/t16?,19-,20+. The van der Waals surface area contributed by atoms with Gasteiger partial charge < -0.3 is 14.6 Å². The Morgan fingerprint density at radius 3 is 1.56 bits per heavy atom. The Bertz CT molecular complexity index is 632. The summed E-state index contributed by atoms with van der Waals surface area (Å²) in [5.74, 6) is 0. The molecule has 1 saturated carbocycles. The minimum Gasteiger partial charge on any atom is -0.404 e. The van der Waals surface area contributed by atoms with Gasteiger partial charge in [0.05, 0.1) is 18.3 Å². The number of benzene rings is 2. The normalized spacial score (nSPS) is 24.4. The summed E-state index contributed by atoms with van der Waals surface area (Å²) in [6.45, 7) is 6.71. The molecule has 0 spiro atoms. The average Bonchev–Trinajstić information content (AvgIpc) is 2.91. The number of hydrogen-bond donors (Lipinski definition) is 2. The molecule has 1 unspecified atom stereocenters. The second kappa shape index (κ2) is 7.04. The quantitative estimate of drug-likeness (QED) is 0.828. The van der Waals surface area contributed by atoms with E-state index < -0.39 is 20.5 Å². The van der Waals surface area contributed by atoms with E-state index in [1.165, 1.54) is 10.4 Å². The van der Waals surface area contributed by atoms with Gasteiger partial charge in [-0.05, 0) is 15.4 Å². The molecule has 3 rings (SSSR count). The Balaban J connectivity index is 2.12. The molecular weight excluding hydrogens is 328 g/mol. The molecule has 1 fully saturated rings. The molecule has 0 amide bonds. The third kappa shape index (κ3) is 3.44. The molecule has 3 nitrogen and oxygen atoms in total. The molecule has 1 aliphatic rings. The smallest absolute Gasteiger partial charge is 0.261 e. The minimum atomic E-state index is -2.60. The zero-order valence-corrected chi connectivity index (χ0v) is 16.2. The highest BCUT2D eigenvalue weighted by molar-refractivity contribution is 6.99. The molecule has 2 N–H and O–H groups in total. The van der Waals surface area contributed by atoms with Crippen LogP contribution in [0, 0.1) is 0 Å². The molecule has 2 aromatic rings. The van der Waals surface area contributed by atoms with Crippen molar-refractivity contribution in [3.05, 3.63) is 60.7 Å². The van der Waals surface area contributed by atoms with E-state index in [1.54, 1.807) is 0 Å². The van der Waals surface area contributed by atoms with Gasteiger partial charge in [-0.1, -0.05) is 81.4 Å². The van der Waals surface area contributed by atoms with Crippen LogP contribution >= 0.6 is 0 Å². The van der Waals surface area contributed by atoms with Gasteiger partial charge in [0.15, 0.2) is 0 Å². The third-order valence-corrected chi connectivity index (χ3v) is 10.3. The Morgan fingerprint density at radius 2 is 1.20 bits per heavy atom. The number of hydrogen-bond acceptors (Lipinski definition) is 3. The maximum atomic E-state index is 9.99. The first kappa shape index (κ1) is 18.3. The first-order valence-corrected chi connectivity index (χ1v) is 10.9. The van der Waals surface area contributed by atoms with Crippen LogP contribution in [0.15, 0.2) is 60.7 Å². The van der Waals surface area contributed by atoms with Gasteiger partial charge in [-0.25, -0.2) is 0 Å². The van der Waals surface area contributed by atoms with Crippen LogP contribution in [-0.2, 0) is 4.43 Å². The molecule has 0 saturated heterocycles. The Labute approximate surface area is 151 Å². The Morgan fingerprint density at radius 1 is 0.800 bits per heavy atom. The van der Waals surface area contributed by atoms with Gasteiger partial charge >= 0.3 is 0 Å². The minimum absolute atomic E-state index is 0.0891. The summed E-state index contributed by atoms with van der Waals surface area (Å²) in [6, 6.07) is 20.9. The van der Waals surface area contributed by atoms with E-state index in [-0.39, 0.29) is 11.1 Å². The molecule has 0 bridgehead atoms. The highest BCUT2D eigenvalue weighted by Gasteiger charge is 2.52. The topological polar surface area (TPSA) is 49.7 Å². The Hall–Kier alpha value is -1.46. The zero-order chi connectivity index (χ0) is 18.1. The van der Waals surface area contributed by atoms with Crippen LogP contribution in [0.5, 0.6) is 0 Å². The third-order valence-electron chi connectivity index (χ3n) is 5.21. The lowest BCUT2D eigenvalue weighted by atomic mass is 10.2. The summed E-state index contributed by atoms with van der Waals surface area (Å²) in [7, 11) is -2.60. The second-order valence-corrected chi connectivity index (χ2v) is 12.3. The van der Waals surface area contributed by atoms with Gasteiger partial charge in [-0.2, -0.15) is 0 Å². The number of aliphatic hydroxyl groups excluding tert-OH is 2. The van der Waals surface area contributed by atoms with Crippen LogP contribution < -0.4 is 10.4 Å². The summed E-state index contributed by atoms with van der Waals surface area (Å²) in [5.41, 5.74) is 0. The van der Waals surface area contributed by atoms with Crippen molar-refractivity contribution < 1.29 is 14.6 Å². The van der Waals surface area contributed by atoms with Crippen LogP contribution in [0.1, 0.15) is 33.6 Å². The summed E-state index contributed by atoms with van der Waals surface area (Å²) >= 11 is 0. The van der Waals surface area contributed by atoms with Crippen LogP contribution in [-0.4, -0.2) is 36.8 Å². The van der Waals surface area contributed by atoms with Gasteiger partial charge in [0, 0.05) is 12.8 Å². The van der Waals surface area contributed by atoms with Crippen LogP contribution in [0.25, 0.3) is 0 Å². The molecular formula is C21H28O3Si. The van der Waals surface area contributed by atoms with Crippen molar-refractivity contribution in [2.24, 2.45) is 0 Å². The molecule has 0 heterocycles. The van der Waals surface area contributed by atoms with E-state index in [0.717, 1.165) is 0 Å². The zero-order valence-electron chi connectivity index (χ0n) is 15.2. The van der Waals surface area contributed by atoms with Gasteiger partial charge in [-0.15, -0.1) is 0 Å². The molecule has 2 aromatic carbocycles. The van der Waals surface area contributed by atoms with E-state index in [2.05, 4.69) is 69.3 Å². The summed E-state index contributed by atoms with van der Waals surface area (Å²) in [4.78, 5) is 0. The van der Waals surface area contributed by atoms with Crippen molar-refractivity contribution >= 4 is 18.7 Å². The van der Waals surface area contributed by atoms with Crippen molar-refractivity contribution in [2.75, 3.05) is 0 Å². The Kier molecular flexibility index (Phi) is 5.16. The lowest BCUT2D eigenvalue weighted by Gasteiger charge is -2.44. The fourth-order valence-corrected chi connectivity index (χ4v) is 8.69. The summed E-state index contributed by atoms with van der Waals surface area (Å²) in [5, 5.41) is 22.4. The largest absolute Gasteiger partial charge is 0.404 e. The predicted molar refractivity (Wildman–Crippen MR) is 104 cm³/mol.